The molecule has 1 aromatic rings. The standard InChI is InChI=1S/C25H35NO4/c1-16(2)10-8-11-17(3)12-9-15-25(5,28)24-22(27)21-19-13-6-7-14-20(19)26(29)18(4)23(21)30-24/h6-7,10,12-14,18,22,24,27-29H,8-9,11,15H2,1-5H3. The van der Waals surface area contributed by atoms with E-state index in [1.54, 1.807) is 6.92 Å². The molecule has 0 bridgehead atoms. The van der Waals surface area contributed by atoms with Crippen molar-refractivity contribution in [2.45, 2.75) is 84.2 Å². The quantitative estimate of drug-likeness (QED) is 0.550. The average Bonchev–Trinajstić information content (AvgIpc) is 3.04. The number of aliphatic hydroxyl groups excluding tert-OH is 1. The molecule has 2 aliphatic rings. The maximum absolute atomic E-state index is 11.2. The van der Waals surface area contributed by atoms with E-state index in [4.69, 9.17) is 4.74 Å². The van der Waals surface area contributed by atoms with E-state index in [1.165, 1.54) is 11.1 Å². The van der Waals surface area contributed by atoms with Crippen molar-refractivity contribution in [1.29, 1.82) is 0 Å². The first-order chi connectivity index (χ1) is 14.1. The molecule has 0 amide bonds. The van der Waals surface area contributed by atoms with E-state index in [0.29, 0.717) is 29.9 Å². The molecule has 0 aliphatic carbocycles. The molecule has 3 N–H and O–H groups in total. The van der Waals surface area contributed by atoms with Gasteiger partial charge in [-0.1, -0.05) is 41.5 Å². The van der Waals surface area contributed by atoms with Gasteiger partial charge in [-0.3, -0.25) is 5.21 Å². The molecule has 3 rings (SSSR count). The van der Waals surface area contributed by atoms with Crippen LogP contribution in [0.25, 0.3) is 5.57 Å². The monoisotopic (exact) mass is 413 g/mol. The summed E-state index contributed by atoms with van der Waals surface area (Å²) in [7, 11) is 0. The minimum Gasteiger partial charge on any atom is -0.486 e. The molecule has 0 saturated heterocycles. The van der Waals surface area contributed by atoms with E-state index in [2.05, 4.69) is 32.9 Å². The molecule has 2 heterocycles. The Morgan fingerprint density at radius 2 is 1.87 bits per heavy atom. The summed E-state index contributed by atoms with van der Waals surface area (Å²) in [6, 6.07) is 6.97. The van der Waals surface area contributed by atoms with Gasteiger partial charge in [0.15, 0.2) is 6.10 Å². The first-order valence-electron chi connectivity index (χ1n) is 10.8. The lowest BCUT2D eigenvalue weighted by Crippen LogP contribution is -2.46. The summed E-state index contributed by atoms with van der Waals surface area (Å²) in [5.41, 5.74) is 3.47. The van der Waals surface area contributed by atoms with Gasteiger partial charge in [0.2, 0.25) is 0 Å². The first-order valence-corrected chi connectivity index (χ1v) is 10.8. The number of anilines is 1. The zero-order valence-corrected chi connectivity index (χ0v) is 18.7. The van der Waals surface area contributed by atoms with E-state index in [-0.39, 0.29) is 0 Å². The molecule has 164 valence electrons. The third kappa shape index (κ3) is 4.48. The van der Waals surface area contributed by atoms with Crippen LogP contribution in [0.15, 0.2) is 53.3 Å². The Bertz CT molecular complexity index is 864. The summed E-state index contributed by atoms with van der Waals surface area (Å²) in [5.74, 6) is 0.530. The summed E-state index contributed by atoms with van der Waals surface area (Å²) in [6.07, 6.45) is 5.89. The Labute approximate surface area is 179 Å². The highest BCUT2D eigenvalue weighted by atomic mass is 16.5. The number of para-hydroxylation sites is 1. The van der Waals surface area contributed by atoms with Crippen molar-refractivity contribution in [1.82, 2.24) is 0 Å². The molecular weight excluding hydrogens is 378 g/mol. The lowest BCUT2D eigenvalue weighted by atomic mass is 9.85. The predicted molar refractivity (Wildman–Crippen MR) is 120 cm³/mol. The van der Waals surface area contributed by atoms with E-state index in [1.807, 2.05) is 31.2 Å². The molecule has 2 aliphatic heterocycles. The van der Waals surface area contributed by atoms with Gasteiger partial charge in [0.25, 0.3) is 0 Å². The number of hydroxylamine groups is 1. The molecule has 4 unspecified atom stereocenters. The zero-order chi connectivity index (χ0) is 22.1. The Kier molecular flexibility index (Phi) is 6.75. The van der Waals surface area contributed by atoms with Crippen molar-refractivity contribution in [3.63, 3.8) is 0 Å². The van der Waals surface area contributed by atoms with Crippen LogP contribution in [-0.4, -0.2) is 39.3 Å². The molecular formula is C25H35NO4. The van der Waals surface area contributed by atoms with Crippen molar-refractivity contribution < 1.29 is 20.2 Å². The highest BCUT2D eigenvalue weighted by Crippen LogP contribution is 2.47. The lowest BCUT2D eigenvalue weighted by molar-refractivity contribution is -0.105. The number of ether oxygens (including phenoxy) is 1. The van der Waals surface area contributed by atoms with Gasteiger partial charge in [0.05, 0.1) is 5.69 Å². The van der Waals surface area contributed by atoms with Crippen LogP contribution in [-0.2, 0) is 4.74 Å². The van der Waals surface area contributed by atoms with Crippen LogP contribution < -0.4 is 5.06 Å². The summed E-state index contributed by atoms with van der Waals surface area (Å²) in [5, 5.41) is 33.9. The number of benzene rings is 1. The molecule has 4 atom stereocenters. The molecule has 0 radical (unpaired) electrons. The number of rotatable bonds is 7. The number of nitrogens with zero attached hydrogens (tertiary/aromatic N) is 1. The average molecular weight is 414 g/mol. The Hall–Kier alpha value is -2.08. The third-order valence-corrected chi connectivity index (χ3v) is 6.14. The second kappa shape index (κ2) is 8.96. The molecule has 0 saturated carbocycles. The van der Waals surface area contributed by atoms with Gasteiger partial charge in [0, 0.05) is 11.1 Å². The summed E-state index contributed by atoms with van der Waals surface area (Å²) in [4.78, 5) is 0. The minimum atomic E-state index is -1.21. The Morgan fingerprint density at radius 1 is 1.17 bits per heavy atom. The second-order valence-corrected chi connectivity index (χ2v) is 9.07. The van der Waals surface area contributed by atoms with Crippen LogP contribution in [0.4, 0.5) is 5.69 Å². The molecule has 5 nitrogen and oxygen atoms in total. The molecule has 0 aromatic heterocycles. The van der Waals surface area contributed by atoms with E-state index >= 15 is 0 Å². The topological polar surface area (TPSA) is 73.2 Å². The van der Waals surface area contributed by atoms with Gasteiger partial charge in [-0.05, 0) is 66.4 Å². The smallest absolute Gasteiger partial charge is 0.157 e. The first kappa shape index (κ1) is 22.6. The van der Waals surface area contributed by atoms with Crippen LogP contribution >= 0.6 is 0 Å². The maximum atomic E-state index is 11.2. The minimum absolute atomic E-state index is 0.428. The SMILES string of the molecule is CC(C)=CCCC(C)=CCCC(C)(O)C1OC2=C(c3ccccc3N(O)C2C)C1O. The number of allylic oxidation sites excluding steroid dienone is 4. The third-order valence-electron chi connectivity index (χ3n) is 6.14. The van der Waals surface area contributed by atoms with Crippen LogP contribution in [0.3, 0.4) is 0 Å². The largest absolute Gasteiger partial charge is 0.486 e. The molecule has 1 aromatic carbocycles. The van der Waals surface area contributed by atoms with Crippen LogP contribution in [0.5, 0.6) is 0 Å². The van der Waals surface area contributed by atoms with Gasteiger partial charge >= 0.3 is 0 Å². The number of hydrogen-bond acceptors (Lipinski definition) is 5. The number of aliphatic hydroxyl groups is 2. The van der Waals surface area contributed by atoms with Gasteiger partial charge in [-0.15, -0.1) is 0 Å². The van der Waals surface area contributed by atoms with Crippen LogP contribution in [0, 0.1) is 0 Å². The molecule has 5 heteroatoms. The zero-order valence-electron chi connectivity index (χ0n) is 18.7. The van der Waals surface area contributed by atoms with E-state index in [0.717, 1.165) is 23.5 Å². The molecule has 0 spiro atoms. The normalized spacial score (nSPS) is 25.4. The van der Waals surface area contributed by atoms with Crippen LogP contribution in [0.1, 0.15) is 65.9 Å². The summed E-state index contributed by atoms with van der Waals surface area (Å²) < 4.78 is 6.08. The maximum Gasteiger partial charge on any atom is 0.157 e. The fraction of sp³-hybridized carbons (Fsp3) is 0.520. The lowest BCUT2D eigenvalue weighted by Gasteiger charge is -2.33. The summed E-state index contributed by atoms with van der Waals surface area (Å²) in [6.45, 7) is 9.87. The van der Waals surface area contributed by atoms with Gasteiger partial charge in [0.1, 0.15) is 23.5 Å². The van der Waals surface area contributed by atoms with Crippen molar-refractivity contribution in [2.75, 3.05) is 5.06 Å². The fourth-order valence-corrected chi connectivity index (χ4v) is 4.31. The van der Waals surface area contributed by atoms with Crippen molar-refractivity contribution in [3.05, 3.63) is 58.9 Å². The number of fused-ring (bicyclic) bond motifs is 2. The summed E-state index contributed by atoms with van der Waals surface area (Å²) >= 11 is 0. The predicted octanol–water partition coefficient (Wildman–Crippen LogP) is 4.98. The fourth-order valence-electron chi connectivity index (χ4n) is 4.31. The molecule has 30 heavy (non-hydrogen) atoms. The highest BCUT2D eigenvalue weighted by Gasteiger charge is 2.50. The number of hydrogen-bond donors (Lipinski definition) is 3. The Balaban J connectivity index is 1.70. The van der Waals surface area contributed by atoms with Crippen LogP contribution in [0.2, 0.25) is 0 Å². The van der Waals surface area contributed by atoms with Gasteiger partial charge in [-0.25, -0.2) is 5.06 Å². The van der Waals surface area contributed by atoms with Gasteiger partial charge < -0.3 is 14.9 Å². The van der Waals surface area contributed by atoms with Crippen molar-refractivity contribution in [3.8, 4) is 0 Å². The van der Waals surface area contributed by atoms with Crippen molar-refractivity contribution >= 4 is 11.3 Å². The Morgan fingerprint density at radius 3 is 2.57 bits per heavy atom. The van der Waals surface area contributed by atoms with E-state index in [9.17, 15) is 15.4 Å². The highest BCUT2D eigenvalue weighted by molar-refractivity contribution is 5.85. The van der Waals surface area contributed by atoms with E-state index < -0.39 is 23.9 Å². The second-order valence-electron chi connectivity index (χ2n) is 9.07. The van der Waals surface area contributed by atoms with Gasteiger partial charge in [-0.2, -0.15) is 0 Å². The molecule has 0 fully saturated rings. The van der Waals surface area contributed by atoms with Crippen molar-refractivity contribution in [2.24, 2.45) is 0 Å².